The van der Waals surface area contributed by atoms with Crippen molar-refractivity contribution in [3.8, 4) is 16.8 Å². The molecule has 0 spiro atoms. The number of aliphatic imine (C=N–C) groups is 1. The molecule has 4 aromatic rings. The molecule has 262 valence electrons. The third-order valence-corrected chi connectivity index (χ3v) is 11.3. The number of esters is 1. The number of fused-ring (bicyclic) bond motifs is 3. The molecule has 0 unspecified atom stereocenters. The second-order valence-electron chi connectivity index (χ2n) is 13.4. The predicted octanol–water partition coefficient (Wildman–Crippen LogP) is 5.70. The summed E-state index contributed by atoms with van der Waals surface area (Å²) in [6.07, 6.45) is 2.74. The van der Waals surface area contributed by atoms with Crippen molar-refractivity contribution in [2.45, 2.75) is 64.5 Å². The number of aryl methyl sites for hydroxylation is 2. The second kappa shape index (κ2) is 13.7. The number of nitrogens with two attached hydrogens (primary N) is 1. The van der Waals surface area contributed by atoms with Gasteiger partial charge in [-0.3, -0.25) is 19.1 Å². The predicted molar refractivity (Wildman–Crippen MR) is 197 cm³/mol. The highest BCUT2D eigenvalue weighted by Crippen LogP contribution is 2.40. The highest BCUT2D eigenvalue weighted by molar-refractivity contribution is 7.15. The molecule has 2 aliphatic heterocycles. The van der Waals surface area contributed by atoms with Crippen LogP contribution in [0, 0.1) is 38.5 Å². The van der Waals surface area contributed by atoms with Gasteiger partial charge in [0.1, 0.15) is 16.9 Å². The van der Waals surface area contributed by atoms with E-state index in [4.69, 9.17) is 27.1 Å². The summed E-state index contributed by atoms with van der Waals surface area (Å²) in [5, 5.41) is 13.5. The van der Waals surface area contributed by atoms with Crippen molar-refractivity contribution in [2.24, 2.45) is 16.6 Å². The topological polar surface area (TPSA) is 145 Å². The quantitative estimate of drug-likeness (QED) is 0.192. The zero-order chi connectivity index (χ0) is 36.0. The third kappa shape index (κ3) is 6.94. The van der Waals surface area contributed by atoms with Gasteiger partial charge in [-0.1, -0.05) is 35.6 Å². The van der Waals surface area contributed by atoms with Gasteiger partial charge in [0.15, 0.2) is 5.82 Å². The van der Waals surface area contributed by atoms with Crippen LogP contribution in [0.1, 0.15) is 87.3 Å². The average molecular weight is 724 g/mol. The molecule has 2 fully saturated rings. The standard InChI is InChI=1S/C38H38ClN7O4S/c1-21-22(2)51-36-32(21)33(24-5-7-27(39)8-6-24)42-30(34-44-43-23(3)46(34)36)20-31(47)45-17-12-25(13-18-45)35(48)41-28-9-10-29(37(49)50-4)26(19-28)11-14-38(40)15-16-38/h5-10,19,25,30H,12-13,15-18,20,40H2,1-4H3,(H,41,48)/t30-/m0/s1. The van der Waals surface area contributed by atoms with Crippen LogP contribution < -0.4 is 11.1 Å². The maximum absolute atomic E-state index is 13.9. The lowest BCUT2D eigenvalue weighted by atomic mass is 9.95. The SMILES string of the molecule is COC(=O)c1ccc(NC(=O)C2CCN(C(=O)C[C@@H]3N=C(c4ccc(Cl)cc4)c4c(sc(C)c4C)-n4c(C)nnc43)CC2)cc1C#CC1(N)CC1. The maximum Gasteiger partial charge on any atom is 0.339 e. The summed E-state index contributed by atoms with van der Waals surface area (Å²) in [6.45, 7) is 6.97. The van der Waals surface area contributed by atoms with Crippen molar-refractivity contribution in [1.82, 2.24) is 19.7 Å². The van der Waals surface area contributed by atoms with Crippen LogP contribution in [0.15, 0.2) is 47.5 Å². The molecule has 0 bridgehead atoms. The lowest BCUT2D eigenvalue weighted by Crippen LogP contribution is -2.41. The van der Waals surface area contributed by atoms with Crippen LogP contribution >= 0.6 is 22.9 Å². The fourth-order valence-electron chi connectivity index (χ4n) is 6.53. The van der Waals surface area contributed by atoms with Crippen molar-refractivity contribution in [3.05, 3.63) is 91.8 Å². The monoisotopic (exact) mass is 723 g/mol. The molecular formula is C38H38ClN7O4S. The Morgan fingerprint density at radius 2 is 1.80 bits per heavy atom. The molecule has 2 aromatic carbocycles. The average Bonchev–Trinajstić information content (AvgIpc) is 3.68. The normalized spacial score (nSPS) is 17.6. The van der Waals surface area contributed by atoms with Crippen LogP contribution in [-0.2, 0) is 14.3 Å². The van der Waals surface area contributed by atoms with Gasteiger partial charge in [-0.15, -0.1) is 21.5 Å². The minimum absolute atomic E-state index is 0.0571. The molecule has 2 aromatic heterocycles. The van der Waals surface area contributed by atoms with Crippen LogP contribution in [-0.4, -0.2) is 68.9 Å². The minimum Gasteiger partial charge on any atom is -0.465 e. The Morgan fingerprint density at radius 3 is 2.49 bits per heavy atom. The Morgan fingerprint density at radius 1 is 1.08 bits per heavy atom. The summed E-state index contributed by atoms with van der Waals surface area (Å²) in [5.41, 5.74) is 10.7. The number of hydrogen-bond donors (Lipinski definition) is 2. The van der Waals surface area contributed by atoms with Gasteiger partial charge in [0.05, 0.1) is 30.3 Å². The number of thiophene rings is 1. The van der Waals surface area contributed by atoms with E-state index < -0.39 is 17.6 Å². The summed E-state index contributed by atoms with van der Waals surface area (Å²) in [7, 11) is 1.31. The first-order valence-corrected chi connectivity index (χ1v) is 18.1. The van der Waals surface area contributed by atoms with Gasteiger partial charge in [0.2, 0.25) is 11.8 Å². The molecular weight excluding hydrogens is 686 g/mol. The first-order valence-electron chi connectivity index (χ1n) is 16.9. The van der Waals surface area contributed by atoms with E-state index in [1.807, 2.05) is 40.7 Å². The Kier molecular flexibility index (Phi) is 9.31. The number of halogens is 1. The zero-order valence-corrected chi connectivity index (χ0v) is 30.5. The number of carbonyl (C=O) groups is 3. The molecule has 51 heavy (non-hydrogen) atoms. The number of rotatable bonds is 6. The van der Waals surface area contributed by atoms with E-state index in [1.165, 1.54) is 12.0 Å². The van der Waals surface area contributed by atoms with Crippen LogP contribution in [0.3, 0.4) is 0 Å². The lowest BCUT2D eigenvalue weighted by molar-refractivity contribution is -0.134. The van der Waals surface area contributed by atoms with Gasteiger partial charge in [0, 0.05) is 51.3 Å². The van der Waals surface area contributed by atoms with Gasteiger partial charge >= 0.3 is 5.97 Å². The maximum atomic E-state index is 13.9. The Balaban J connectivity index is 1.06. The van der Waals surface area contributed by atoms with Gasteiger partial charge < -0.3 is 20.7 Å². The molecule has 2 amide bonds. The number of likely N-dealkylation sites (tertiary alicyclic amines) is 1. The summed E-state index contributed by atoms with van der Waals surface area (Å²) >= 11 is 7.91. The zero-order valence-electron chi connectivity index (χ0n) is 28.9. The van der Waals surface area contributed by atoms with Crippen LogP contribution in [0.2, 0.25) is 5.02 Å². The number of ether oxygens (including phenoxy) is 1. The molecule has 13 heteroatoms. The lowest BCUT2D eigenvalue weighted by Gasteiger charge is -2.32. The largest absolute Gasteiger partial charge is 0.465 e. The summed E-state index contributed by atoms with van der Waals surface area (Å²) in [5.74, 6) is 6.41. The summed E-state index contributed by atoms with van der Waals surface area (Å²) in [6, 6.07) is 12.0. The van der Waals surface area contributed by atoms with Gasteiger partial charge in [-0.05, 0) is 82.3 Å². The van der Waals surface area contributed by atoms with Crippen LogP contribution in [0.5, 0.6) is 0 Å². The van der Waals surface area contributed by atoms with Gasteiger partial charge in [0.25, 0.3) is 0 Å². The number of amides is 2. The van der Waals surface area contributed by atoms with Gasteiger partial charge in [-0.25, -0.2) is 4.79 Å². The van der Waals surface area contributed by atoms with Crippen molar-refractivity contribution in [3.63, 3.8) is 0 Å². The second-order valence-corrected chi connectivity index (χ2v) is 15.1. The fourth-order valence-corrected chi connectivity index (χ4v) is 7.87. The number of aromatic nitrogens is 3. The molecule has 1 atom stereocenters. The van der Waals surface area contributed by atoms with E-state index in [0.717, 1.165) is 46.1 Å². The smallest absolute Gasteiger partial charge is 0.339 e. The number of methoxy groups -OCH3 is 1. The van der Waals surface area contributed by atoms with Crippen LogP contribution in [0.4, 0.5) is 5.69 Å². The van der Waals surface area contributed by atoms with Crippen molar-refractivity contribution in [1.29, 1.82) is 0 Å². The van der Waals surface area contributed by atoms with E-state index in [1.54, 1.807) is 29.5 Å². The van der Waals surface area contributed by atoms with Crippen molar-refractivity contribution < 1.29 is 19.1 Å². The summed E-state index contributed by atoms with van der Waals surface area (Å²) in [4.78, 5) is 47.8. The van der Waals surface area contributed by atoms with E-state index in [0.29, 0.717) is 53.6 Å². The van der Waals surface area contributed by atoms with E-state index in [2.05, 4.69) is 41.2 Å². The Hall–Kier alpha value is -4.83. The molecule has 1 aliphatic carbocycles. The van der Waals surface area contributed by atoms with E-state index >= 15 is 0 Å². The molecule has 1 saturated carbocycles. The van der Waals surface area contributed by atoms with E-state index in [9.17, 15) is 14.4 Å². The fraction of sp³-hybridized carbons (Fsp3) is 0.368. The number of piperidine rings is 1. The number of benzene rings is 2. The molecule has 3 N–H and O–H groups in total. The molecule has 7 rings (SSSR count). The third-order valence-electron chi connectivity index (χ3n) is 9.87. The molecule has 4 heterocycles. The minimum atomic E-state index is -0.566. The molecule has 1 saturated heterocycles. The van der Waals surface area contributed by atoms with E-state index in [-0.39, 0.29) is 24.2 Å². The Labute approximate surface area is 305 Å². The summed E-state index contributed by atoms with van der Waals surface area (Å²) < 4.78 is 6.95. The molecule has 3 aliphatic rings. The number of anilines is 1. The van der Waals surface area contributed by atoms with Crippen molar-refractivity contribution >= 4 is 52.1 Å². The van der Waals surface area contributed by atoms with Crippen molar-refractivity contribution in [2.75, 3.05) is 25.5 Å². The van der Waals surface area contributed by atoms with Gasteiger partial charge in [-0.2, -0.15) is 0 Å². The molecule has 0 radical (unpaired) electrons. The number of nitrogens with one attached hydrogen (secondary N) is 1. The highest BCUT2D eigenvalue weighted by atomic mass is 35.5. The number of nitrogens with zero attached hydrogens (tertiary/aromatic N) is 5. The first-order chi connectivity index (χ1) is 24.4. The van der Waals surface area contributed by atoms with Crippen LogP contribution in [0.25, 0.3) is 5.00 Å². The Bertz CT molecular complexity index is 2150. The highest BCUT2D eigenvalue weighted by Gasteiger charge is 2.37. The first kappa shape index (κ1) is 34.6. The number of hydrogen-bond acceptors (Lipinski definition) is 9. The number of carbonyl (C=O) groups excluding carboxylic acids is 3. The molecule has 11 nitrogen and oxygen atoms in total.